The van der Waals surface area contributed by atoms with Gasteiger partial charge >= 0.3 is 5.97 Å². The largest absolute Gasteiger partial charge is 0.467 e. The zero-order valence-electron chi connectivity index (χ0n) is 15.1. The minimum Gasteiger partial charge on any atom is -0.467 e. The lowest BCUT2D eigenvalue weighted by Gasteiger charge is -2.27. The number of ether oxygens (including phenoxy) is 2. The summed E-state index contributed by atoms with van der Waals surface area (Å²) in [6.07, 6.45) is 0.981. The SMILES string of the molecule is C=CCc1c(C)cc([C@H](OC(C)(C)C)C(=O)OC)c(C)c1[N+](=O)[O-]. The van der Waals surface area contributed by atoms with Gasteiger partial charge in [0, 0.05) is 16.7 Å². The van der Waals surface area contributed by atoms with E-state index >= 15 is 0 Å². The molecule has 0 bridgehead atoms. The third kappa shape index (κ3) is 4.41. The number of hydrogen-bond acceptors (Lipinski definition) is 5. The summed E-state index contributed by atoms with van der Waals surface area (Å²) < 4.78 is 10.7. The molecule has 1 aromatic carbocycles. The number of nitro benzene ring substituents is 1. The highest BCUT2D eigenvalue weighted by Gasteiger charge is 2.33. The molecule has 1 atom stereocenters. The van der Waals surface area contributed by atoms with Crippen molar-refractivity contribution in [2.45, 2.75) is 52.7 Å². The van der Waals surface area contributed by atoms with Crippen molar-refractivity contribution >= 4 is 11.7 Å². The molecule has 0 saturated heterocycles. The smallest absolute Gasteiger partial charge is 0.339 e. The minimum atomic E-state index is -1.02. The van der Waals surface area contributed by atoms with Crippen LogP contribution in [0.25, 0.3) is 0 Å². The summed E-state index contributed by atoms with van der Waals surface area (Å²) in [4.78, 5) is 23.4. The van der Waals surface area contributed by atoms with Gasteiger partial charge in [0.05, 0.1) is 17.6 Å². The van der Waals surface area contributed by atoms with Gasteiger partial charge in [-0.05, 0) is 46.6 Å². The molecule has 0 saturated carbocycles. The molecule has 0 N–H and O–H groups in total. The highest BCUT2D eigenvalue weighted by atomic mass is 16.6. The lowest BCUT2D eigenvalue weighted by atomic mass is 9.92. The van der Waals surface area contributed by atoms with Crippen molar-refractivity contribution in [3.05, 3.63) is 51.1 Å². The van der Waals surface area contributed by atoms with Gasteiger partial charge in [0.1, 0.15) is 0 Å². The van der Waals surface area contributed by atoms with E-state index in [2.05, 4.69) is 6.58 Å². The fourth-order valence-electron chi connectivity index (χ4n) is 2.60. The van der Waals surface area contributed by atoms with Crippen LogP contribution >= 0.6 is 0 Å². The predicted molar refractivity (Wildman–Crippen MR) is 92.1 cm³/mol. The Labute approximate surface area is 142 Å². The number of nitro groups is 1. The van der Waals surface area contributed by atoms with Gasteiger partial charge in [-0.25, -0.2) is 4.79 Å². The van der Waals surface area contributed by atoms with Crippen molar-refractivity contribution in [2.24, 2.45) is 0 Å². The first-order chi connectivity index (χ1) is 11.0. The summed E-state index contributed by atoms with van der Waals surface area (Å²) in [5, 5.41) is 11.6. The number of carbonyl (C=O) groups is 1. The maximum atomic E-state index is 12.2. The average Bonchev–Trinajstić information content (AvgIpc) is 2.46. The summed E-state index contributed by atoms with van der Waals surface area (Å²) in [5.41, 5.74) is 1.55. The van der Waals surface area contributed by atoms with Gasteiger partial charge in [-0.15, -0.1) is 6.58 Å². The average molecular weight is 335 g/mol. The third-order valence-corrected chi connectivity index (χ3v) is 3.62. The lowest BCUT2D eigenvalue weighted by molar-refractivity contribution is -0.386. The van der Waals surface area contributed by atoms with E-state index < -0.39 is 22.6 Å². The van der Waals surface area contributed by atoms with E-state index in [1.165, 1.54) is 7.11 Å². The zero-order chi connectivity index (χ0) is 18.7. The Morgan fingerprint density at radius 2 is 2.00 bits per heavy atom. The van der Waals surface area contributed by atoms with Gasteiger partial charge in [0.2, 0.25) is 0 Å². The Balaban J connectivity index is 3.63. The van der Waals surface area contributed by atoms with Crippen molar-refractivity contribution in [3.63, 3.8) is 0 Å². The molecule has 0 aromatic heterocycles. The number of allylic oxidation sites excluding steroid dienone is 1. The molecular weight excluding hydrogens is 310 g/mol. The molecule has 0 fully saturated rings. The number of carbonyl (C=O) groups excluding carboxylic acids is 1. The first-order valence-electron chi connectivity index (χ1n) is 7.67. The number of methoxy groups -OCH3 is 1. The number of esters is 1. The molecule has 6 heteroatoms. The maximum absolute atomic E-state index is 12.2. The number of hydrogen-bond donors (Lipinski definition) is 0. The van der Waals surface area contributed by atoms with Crippen LogP contribution in [0.2, 0.25) is 0 Å². The molecule has 0 heterocycles. The summed E-state index contributed by atoms with van der Waals surface area (Å²) in [5.74, 6) is -0.585. The van der Waals surface area contributed by atoms with Gasteiger partial charge in [-0.3, -0.25) is 10.1 Å². The molecule has 1 rings (SSSR count). The Kier molecular flexibility index (Phi) is 6.26. The van der Waals surface area contributed by atoms with E-state index in [1.54, 1.807) is 26.0 Å². The van der Waals surface area contributed by atoms with Crippen LogP contribution < -0.4 is 0 Å². The molecule has 1 aromatic rings. The van der Waals surface area contributed by atoms with E-state index in [-0.39, 0.29) is 5.69 Å². The molecule has 0 aliphatic rings. The maximum Gasteiger partial charge on any atom is 0.339 e. The molecule has 0 unspecified atom stereocenters. The summed E-state index contributed by atoms with van der Waals surface area (Å²) >= 11 is 0. The second kappa shape index (κ2) is 7.57. The van der Waals surface area contributed by atoms with E-state index in [9.17, 15) is 14.9 Å². The van der Waals surface area contributed by atoms with Crippen LogP contribution in [0.5, 0.6) is 0 Å². The Hall–Kier alpha value is -2.21. The first-order valence-corrected chi connectivity index (χ1v) is 7.67. The Morgan fingerprint density at radius 3 is 2.42 bits per heavy atom. The summed E-state index contributed by atoms with van der Waals surface area (Å²) in [6.45, 7) is 12.5. The van der Waals surface area contributed by atoms with Crippen LogP contribution in [0.1, 0.15) is 49.1 Å². The third-order valence-electron chi connectivity index (χ3n) is 3.62. The second-order valence-electron chi connectivity index (χ2n) is 6.62. The van der Waals surface area contributed by atoms with E-state index in [0.717, 1.165) is 0 Å². The molecule has 6 nitrogen and oxygen atoms in total. The molecular formula is C18H25NO5. The highest BCUT2D eigenvalue weighted by Crippen LogP contribution is 2.36. The molecule has 24 heavy (non-hydrogen) atoms. The normalized spacial score (nSPS) is 12.6. The van der Waals surface area contributed by atoms with Gasteiger partial charge in [0.25, 0.3) is 5.69 Å². The van der Waals surface area contributed by atoms with Crippen LogP contribution in [0, 0.1) is 24.0 Å². The van der Waals surface area contributed by atoms with E-state index in [4.69, 9.17) is 9.47 Å². The summed E-state index contributed by atoms with van der Waals surface area (Å²) in [6, 6.07) is 1.76. The lowest BCUT2D eigenvalue weighted by Crippen LogP contribution is -2.29. The van der Waals surface area contributed by atoms with Crippen LogP contribution in [-0.2, 0) is 20.7 Å². The van der Waals surface area contributed by atoms with E-state index in [1.807, 2.05) is 20.8 Å². The second-order valence-corrected chi connectivity index (χ2v) is 6.62. The molecule has 0 aliphatic carbocycles. The highest BCUT2D eigenvalue weighted by molar-refractivity contribution is 5.78. The van der Waals surface area contributed by atoms with Gasteiger partial charge in [-0.2, -0.15) is 0 Å². The van der Waals surface area contributed by atoms with Crippen molar-refractivity contribution in [2.75, 3.05) is 7.11 Å². The fraction of sp³-hybridized carbons (Fsp3) is 0.500. The van der Waals surface area contributed by atoms with Crippen LogP contribution in [-0.4, -0.2) is 23.6 Å². The number of nitrogens with zero attached hydrogens (tertiary/aromatic N) is 1. The molecule has 0 spiro atoms. The Morgan fingerprint density at radius 1 is 1.42 bits per heavy atom. The quantitative estimate of drug-likeness (QED) is 0.340. The molecule has 0 amide bonds. The predicted octanol–water partition coefficient (Wildman–Crippen LogP) is 3.97. The van der Waals surface area contributed by atoms with Gasteiger partial charge in [-0.1, -0.05) is 12.1 Å². The molecule has 132 valence electrons. The van der Waals surface area contributed by atoms with Crippen molar-refractivity contribution < 1.29 is 19.2 Å². The van der Waals surface area contributed by atoms with Gasteiger partial charge < -0.3 is 9.47 Å². The van der Waals surface area contributed by atoms with E-state index in [0.29, 0.717) is 28.7 Å². The first kappa shape index (κ1) is 19.8. The zero-order valence-corrected chi connectivity index (χ0v) is 15.1. The molecule has 0 radical (unpaired) electrons. The van der Waals surface area contributed by atoms with Crippen LogP contribution in [0.15, 0.2) is 18.7 Å². The van der Waals surface area contributed by atoms with Crippen molar-refractivity contribution in [1.29, 1.82) is 0 Å². The molecule has 0 aliphatic heterocycles. The standard InChI is InChI=1S/C18H25NO5/c1-8-9-13-11(2)10-14(12(3)15(13)19(21)22)16(17(20)23-7)24-18(4,5)6/h8,10,16H,1,9H2,2-7H3/t16-/m0/s1. The topological polar surface area (TPSA) is 78.7 Å². The monoisotopic (exact) mass is 335 g/mol. The summed E-state index contributed by atoms with van der Waals surface area (Å²) in [7, 11) is 1.27. The fourth-order valence-corrected chi connectivity index (χ4v) is 2.60. The van der Waals surface area contributed by atoms with Crippen LogP contribution in [0.4, 0.5) is 5.69 Å². The number of rotatable bonds is 6. The van der Waals surface area contributed by atoms with Gasteiger partial charge in [0.15, 0.2) is 6.10 Å². The minimum absolute atomic E-state index is 0.00341. The van der Waals surface area contributed by atoms with Crippen molar-refractivity contribution in [1.82, 2.24) is 0 Å². The van der Waals surface area contributed by atoms with Crippen molar-refractivity contribution in [3.8, 4) is 0 Å². The Bertz CT molecular complexity index is 658. The van der Waals surface area contributed by atoms with Crippen LogP contribution in [0.3, 0.4) is 0 Å². The number of aryl methyl sites for hydroxylation is 1. The number of benzene rings is 1.